The maximum atomic E-state index is 11.7. The molecule has 0 spiro atoms. The zero-order valence-electron chi connectivity index (χ0n) is 10.3. The summed E-state index contributed by atoms with van der Waals surface area (Å²) in [4.78, 5) is 12.4. The monoisotopic (exact) mass is 274 g/mol. The average molecular weight is 274 g/mol. The lowest BCUT2D eigenvalue weighted by atomic mass is 10.2. The van der Waals surface area contributed by atoms with Gasteiger partial charge >= 0.3 is 5.97 Å². The lowest BCUT2D eigenvalue weighted by Gasteiger charge is -2.07. The normalized spacial score (nSPS) is 9.95. The zero-order valence-corrected chi connectivity index (χ0v) is 11.2. The van der Waals surface area contributed by atoms with Crippen molar-refractivity contribution < 1.29 is 14.3 Å². The molecule has 0 radical (unpaired) electrons. The van der Waals surface area contributed by atoms with Gasteiger partial charge in [0.2, 0.25) is 0 Å². The molecule has 0 aliphatic heterocycles. The molecule has 0 heterocycles. The Labute approximate surface area is 117 Å². The van der Waals surface area contributed by atoms with Gasteiger partial charge in [-0.05, 0) is 30.3 Å². The molecule has 0 aromatic heterocycles. The molecule has 0 saturated carbocycles. The van der Waals surface area contributed by atoms with Gasteiger partial charge in [0, 0.05) is 4.90 Å². The molecule has 0 saturated heterocycles. The van der Waals surface area contributed by atoms with Crippen molar-refractivity contribution in [1.82, 2.24) is 0 Å². The number of carbonyl (C=O) groups excluding carboxylic acids is 1. The van der Waals surface area contributed by atoms with Crippen LogP contribution in [-0.2, 0) is 4.74 Å². The van der Waals surface area contributed by atoms with Gasteiger partial charge in [0.15, 0.2) is 0 Å². The molecular formula is C15H14O3S. The Morgan fingerprint density at radius 2 is 1.79 bits per heavy atom. The molecule has 0 fully saturated rings. The van der Waals surface area contributed by atoms with Crippen LogP contribution in [0.1, 0.15) is 10.4 Å². The Balaban J connectivity index is 1.75. The van der Waals surface area contributed by atoms with E-state index in [4.69, 9.17) is 9.47 Å². The van der Waals surface area contributed by atoms with E-state index in [2.05, 4.69) is 12.6 Å². The van der Waals surface area contributed by atoms with Gasteiger partial charge in [0.1, 0.15) is 19.0 Å². The number of carbonyl (C=O) groups is 1. The van der Waals surface area contributed by atoms with Crippen LogP contribution < -0.4 is 4.74 Å². The molecule has 0 amide bonds. The maximum absolute atomic E-state index is 11.7. The van der Waals surface area contributed by atoms with Gasteiger partial charge in [0.05, 0.1) is 5.56 Å². The van der Waals surface area contributed by atoms with Crippen molar-refractivity contribution in [2.75, 3.05) is 13.2 Å². The third-order valence-electron chi connectivity index (χ3n) is 2.41. The maximum Gasteiger partial charge on any atom is 0.338 e. The van der Waals surface area contributed by atoms with Crippen molar-refractivity contribution in [2.24, 2.45) is 0 Å². The summed E-state index contributed by atoms with van der Waals surface area (Å²) in [5.74, 6) is 0.392. The van der Waals surface area contributed by atoms with Crippen LogP contribution in [0, 0.1) is 0 Å². The number of hydrogen-bond donors (Lipinski definition) is 1. The van der Waals surface area contributed by atoms with Crippen molar-refractivity contribution >= 4 is 18.6 Å². The highest BCUT2D eigenvalue weighted by Crippen LogP contribution is 2.10. The number of hydrogen-bond acceptors (Lipinski definition) is 4. The van der Waals surface area contributed by atoms with Crippen molar-refractivity contribution in [3.8, 4) is 5.75 Å². The molecular weight excluding hydrogens is 260 g/mol. The van der Waals surface area contributed by atoms with E-state index in [1.807, 2.05) is 30.3 Å². The van der Waals surface area contributed by atoms with Gasteiger partial charge in [-0.25, -0.2) is 4.79 Å². The minimum absolute atomic E-state index is 0.213. The van der Waals surface area contributed by atoms with Crippen LogP contribution >= 0.6 is 12.6 Å². The number of rotatable bonds is 5. The summed E-state index contributed by atoms with van der Waals surface area (Å²) in [6, 6.07) is 16.3. The highest BCUT2D eigenvalue weighted by molar-refractivity contribution is 7.80. The molecule has 2 aromatic carbocycles. The molecule has 0 unspecified atom stereocenters. The Bertz CT molecular complexity index is 540. The van der Waals surface area contributed by atoms with Crippen molar-refractivity contribution in [2.45, 2.75) is 4.90 Å². The molecule has 0 bridgehead atoms. The molecule has 2 aromatic rings. The van der Waals surface area contributed by atoms with Gasteiger partial charge < -0.3 is 9.47 Å². The van der Waals surface area contributed by atoms with Crippen molar-refractivity contribution in [3.05, 3.63) is 60.2 Å². The van der Waals surface area contributed by atoms with E-state index in [1.54, 1.807) is 24.3 Å². The predicted molar refractivity (Wildman–Crippen MR) is 75.9 cm³/mol. The first kappa shape index (κ1) is 13.5. The van der Waals surface area contributed by atoms with Crippen LogP contribution in [0.15, 0.2) is 59.5 Å². The van der Waals surface area contributed by atoms with Crippen LogP contribution in [0.25, 0.3) is 0 Å². The van der Waals surface area contributed by atoms with Crippen LogP contribution in [-0.4, -0.2) is 19.2 Å². The third kappa shape index (κ3) is 4.34. The summed E-state index contributed by atoms with van der Waals surface area (Å²) in [6.45, 7) is 0.543. The largest absolute Gasteiger partial charge is 0.490 e. The van der Waals surface area contributed by atoms with Gasteiger partial charge in [-0.2, -0.15) is 0 Å². The molecule has 0 aliphatic rings. The topological polar surface area (TPSA) is 35.5 Å². The zero-order chi connectivity index (χ0) is 13.5. The third-order valence-corrected chi connectivity index (χ3v) is 2.69. The van der Waals surface area contributed by atoms with Crippen LogP contribution in [0.4, 0.5) is 0 Å². The lowest BCUT2D eigenvalue weighted by Crippen LogP contribution is -2.12. The van der Waals surface area contributed by atoms with E-state index in [9.17, 15) is 4.79 Å². The van der Waals surface area contributed by atoms with E-state index < -0.39 is 0 Å². The van der Waals surface area contributed by atoms with Gasteiger partial charge in [0.25, 0.3) is 0 Å². The first-order chi connectivity index (χ1) is 9.25. The highest BCUT2D eigenvalue weighted by Gasteiger charge is 2.06. The summed E-state index contributed by atoms with van der Waals surface area (Å²) >= 11 is 4.17. The molecule has 0 N–H and O–H groups in total. The molecule has 0 atom stereocenters. The predicted octanol–water partition coefficient (Wildman–Crippen LogP) is 3.21. The number of esters is 1. The Kier molecular flexibility index (Phi) is 4.86. The molecule has 4 heteroatoms. The van der Waals surface area contributed by atoms with Crippen molar-refractivity contribution in [1.29, 1.82) is 0 Å². The summed E-state index contributed by atoms with van der Waals surface area (Å²) in [5.41, 5.74) is 0.493. The second kappa shape index (κ2) is 6.85. The first-order valence-corrected chi connectivity index (χ1v) is 6.34. The van der Waals surface area contributed by atoms with E-state index in [0.717, 1.165) is 10.6 Å². The van der Waals surface area contributed by atoms with Crippen LogP contribution in [0.5, 0.6) is 5.75 Å². The van der Waals surface area contributed by atoms with Gasteiger partial charge in [-0.1, -0.05) is 24.3 Å². The lowest BCUT2D eigenvalue weighted by molar-refractivity contribution is 0.0450. The summed E-state index contributed by atoms with van der Waals surface area (Å²) in [6.07, 6.45) is 0. The number of thiol groups is 1. The Morgan fingerprint density at radius 3 is 2.53 bits per heavy atom. The van der Waals surface area contributed by atoms with E-state index in [1.165, 1.54) is 0 Å². The molecule has 2 rings (SSSR count). The summed E-state index contributed by atoms with van der Waals surface area (Å²) < 4.78 is 10.5. The van der Waals surface area contributed by atoms with Gasteiger partial charge in [-0.15, -0.1) is 12.6 Å². The summed E-state index contributed by atoms with van der Waals surface area (Å²) in [7, 11) is 0. The van der Waals surface area contributed by atoms with Crippen LogP contribution in [0.2, 0.25) is 0 Å². The fourth-order valence-electron chi connectivity index (χ4n) is 1.53. The standard InChI is InChI=1S/C15H14O3S/c16-15(12-5-4-8-14(19)11-12)18-10-9-17-13-6-2-1-3-7-13/h1-8,11,19H,9-10H2. The van der Waals surface area contributed by atoms with Crippen molar-refractivity contribution in [3.63, 3.8) is 0 Å². The quantitative estimate of drug-likeness (QED) is 0.516. The van der Waals surface area contributed by atoms with Crippen LogP contribution in [0.3, 0.4) is 0 Å². The minimum Gasteiger partial charge on any atom is -0.490 e. The number of para-hydroxylation sites is 1. The average Bonchev–Trinajstić information content (AvgIpc) is 2.44. The summed E-state index contributed by atoms with van der Waals surface area (Å²) in [5, 5.41) is 0. The molecule has 3 nitrogen and oxygen atoms in total. The smallest absolute Gasteiger partial charge is 0.338 e. The minimum atomic E-state index is -0.368. The SMILES string of the molecule is O=C(OCCOc1ccccc1)c1cccc(S)c1. The number of ether oxygens (including phenoxy) is 2. The van der Waals surface area contributed by atoms with E-state index in [-0.39, 0.29) is 12.6 Å². The molecule has 19 heavy (non-hydrogen) atoms. The van der Waals surface area contributed by atoms with E-state index >= 15 is 0 Å². The molecule has 0 aliphatic carbocycles. The second-order valence-electron chi connectivity index (χ2n) is 3.85. The fourth-order valence-corrected chi connectivity index (χ4v) is 1.75. The van der Waals surface area contributed by atoms with E-state index in [0.29, 0.717) is 12.2 Å². The number of benzene rings is 2. The van der Waals surface area contributed by atoms with Gasteiger partial charge in [-0.3, -0.25) is 0 Å². The highest BCUT2D eigenvalue weighted by atomic mass is 32.1. The Morgan fingerprint density at radius 1 is 1.00 bits per heavy atom. The second-order valence-corrected chi connectivity index (χ2v) is 4.36. The fraction of sp³-hybridized carbons (Fsp3) is 0.133. The molecule has 98 valence electrons. The Hall–Kier alpha value is -1.94. The first-order valence-electron chi connectivity index (χ1n) is 5.90.